The number of aliphatic hydroxyl groups excluding tert-OH is 1. The van der Waals surface area contributed by atoms with Crippen molar-refractivity contribution in [2.45, 2.75) is 33.2 Å². The van der Waals surface area contributed by atoms with Crippen LogP contribution in [0.2, 0.25) is 0 Å². The van der Waals surface area contributed by atoms with E-state index in [4.69, 9.17) is 9.15 Å². The van der Waals surface area contributed by atoms with E-state index in [2.05, 4.69) is 0 Å². The van der Waals surface area contributed by atoms with Gasteiger partial charge in [0.2, 0.25) is 0 Å². The molecule has 0 radical (unpaired) electrons. The number of nitrogens with zero attached hydrogens (tertiary/aromatic N) is 1. The molecule has 0 aliphatic carbocycles. The van der Waals surface area contributed by atoms with Crippen LogP contribution in [0.1, 0.15) is 39.8 Å². The third-order valence-electron chi connectivity index (χ3n) is 6.05. The lowest BCUT2D eigenvalue weighted by Gasteiger charge is -2.25. The Morgan fingerprint density at radius 3 is 2.56 bits per heavy atom. The summed E-state index contributed by atoms with van der Waals surface area (Å²) in [6, 6.07) is 13.6. The molecule has 0 bridgehead atoms. The van der Waals surface area contributed by atoms with Gasteiger partial charge in [0, 0.05) is 17.7 Å². The van der Waals surface area contributed by atoms with Crippen LogP contribution < -0.4 is 9.64 Å². The number of aliphatic hydroxyl groups is 1. The smallest absolute Gasteiger partial charge is 0.300 e. The topological polar surface area (TPSA) is 80.0 Å². The lowest BCUT2D eigenvalue weighted by atomic mass is 9.97. The second-order valence-electron chi connectivity index (χ2n) is 8.33. The summed E-state index contributed by atoms with van der Waals surface area (Å²) in [7, 11) is 0. The molecular formula is C26H23NO5. The second-order valence-corrected chi connectivity index (χ2v) is 8.33. The molecule has 1 atom stereocenters. The van der Waals surface area contributed by atoms with Gasteiger partial charge in [0.25, 0.3) is 11.7 Å². The number of aryl methyl sites for hydroxylation is 3. The first kappa shape index (κ1) is 20.1. The Balaban J connectivity index is 1.71. The van der Waals surface area contributed by atoms with Gasteiger partial charge in [0.15, 0.2) is 0 Å². The van der Waals surface area contributed by atoms with E-state index in [0.29, 0.717) is 29.4 Å². The van der Waals surface area contributed by atoms with Crippen molar-refractivity contribution in [3.63, 3.8) is 0 Å². The quantitative estimate of drug-likeness (QED) is 0.369. The number of ketones is 1. The van der Waals surface area contributed by atoms with Crippen molar-refractivity contribution < 1.29 is 23.8 Å². The lowest BCUT2D eigenvalue weighted by molar-refractivity contribution is -0.132. The molecule has 1 unspecified atom stereocenters. The molecular weight excluding hydrogens is 406 g/mol. The van der Waals surface area contributed by atoms with Crippen LogP contribution >= 0.6 is 0 Å². The van der Waals surface area contributed by atoms with Gasteiger partial charge in [-0.25, -0.2) is 0 Å². The summed E-state index contributed by atoms with van der Waals surface area (Å²) >= 11 is 0. The molecule has 3 heterocycles. The highest BCUT2D eigenvalue weighted by Gasteiger charge is 2.48. The van der Waals surface area contributed by atoms with Gasteiger partial charge in [-0.1, -0.05) is 17.7 Å². The fraction of sp³-hybridized carbons (Fsp3) is 0.231. The summed E-state index contributed by atoms with van der Waals surface area (Å²) in [5.74, 6) is 0.203. The summed E-state index contributed by atoms with van der Waals surface area (Å²) in [4.78, 5) is 27.9. The molecule has 5 rings (SSSR count). The van der Waals surface area contributed by atoms with E-state index in [1.165, 1.54) is 4.90 Å². The van der Waals surface area contributed by atoms with E-state index in [-0.39, 0.29) is 11.3 Å². The maximum Gasteiger partial charge on any atom is 0.300 e. The number of benzene rings is 2. The number of carbonyl (C=O) groups excluding carboxylic acids is 2. The van der Waals surface area contributed by atoms with Crippen LogP contribution in [0.4, 0.5) is 5.69 Å². The summed E-state index contributed by atoms with van der Waals surface area (Å²) in [5.41, 5.74) is 3.97. The Hall–Kier alpha value is -3.80. The maximum atomic E-state index is 13.2. The molecule has 3 aromatic rings. The van der Waals surface area contributed by atoms with Gasteiger partial charge in [-0.2, -0.15) is 0 Å². The predicted octanol–water partition coefficient (Wildman–Crippen LogP) is 4.77. The molecule has 2 aromatic carbocycles. The molecule has 0 spiro atoms. The zero-order valence-corrected chi connectivity index (χ0v) is 18.1. The summed E-state index contributed by atoms with van der Waals surface area (Å²) in [6.07, 6.45) is 0.730. The normalized spacial score (nSPS) is 19.3. The standard InChI is InChI=1S/C26H23NO5/c1-14-4-7-19(15(2)12-14)27-23(21-8-5-16(3)32-21)22(25(29)26(27)30)24(28)18-6-9-20-17(13-18)10-11-31-20/h4-9,12-13,23,28H,10-11H2,1-3H3/b24-22-. The highest BCUT2D eigenvalue weighted by molar-refractivity contribution is 6.51. The first-order valence-electron chi connectivity index (χ1n) is 10.6. The zero-order valence-electron chi connectivity index (χ0n) is 18.1. The van der Waals surface area contributed by atoms with E-state index in [9.17, 15) is 14.7 Å². The molecule has 1 aromatic heterocycles. The van der Waals surface area contributed by atoms with Crippen LogP contribution in [0.15, 0.2) is 58.5 Å². The van der Waals surface area contributed by atoms with E-state index in [1.54, 1.807) is 31.2 Å². The highest BCUT2D eigenvalue weighted by atomic mass is 16.5. The molecule has 32 heavy (non-hydrogen) atoms. The van der Waals surface area contributed by atoms with Crippen molar-refractivity contribution in [3.05, 3.63) is 87.9 Å². The molecule has 6 nitrogen and oxygen atoms in total. The fourth-order valence-electron chi connectivity index (χ4n) is 4.52. The predicted molar refractivity (Wildman–Crippen MR) is 120 cm³/mol. The van der Waals surface area contributed by atoms with Crippen molar-refractivity contribution in [2.24, 2.45) is 0 Å². The SMILES string of the molecule is Cc1ccc(N2C(=O)C(=O)/C(=C(\O)c3ccc4c(c3)CCO4)C2c2ccc(C)o2)c(C)c1. The Morgan fingerprint density at radius 2 is 1.84 bits per heavy atom. The molecule has 1 N–H and O–H groups in total. The van der Waals surface area contributed by atoms with E-state index in [1.807, 2.05) is 38.1 Å². The number of ether oxygens (including phenoxy) is 1. The van der Waals surface area contributed by atoms with Crippen LogP contribution in [0.5, 0.6) is 5.75 Å². The van der Waals surface area contributed by atoms with Gasteiger partial charge in [0.05, 0.1) is 12.2 Å². The minimum Gasteiger partial charge on any atom is -0.507 e. The fourth-order valence-corrected chi connectivity index (χ4v) is 4.52. The summed E-state index contributed by atoms with van der Waals surface area (Å²) < 4.78 is 11.4. The van der Waals surface area contributed by atoms with E-state index >= 15 is 0 Å². The Bertz CT molecular complexity index is 1300. The highest BCUT2D eigenvalue weighted by Crippen LogP contribution is 2.44. The van der Waals surface area contributed by atoms with Gasteiger partial charge < -0.3 is 14.3 Å². The van der Waals surface area contributed by atoms with Gasteiger partial charge in [0.1, 0.15) is 29.1 Å². The molecule has 2 aliphatic rings. The Kier molecular flexibility index (Phi) is 4.66. The summed E-state index contributed by atoms with van der Waals surface area (Å²) in [6.45, 7) is 6.25. The van der Waals surface area contributed by atoms with Crippen molar-refractivity contribution in [2.75, 3.05) is 11.5 Å². The number of hydrogen-bond acceptors (Lipinski definition) is 5. The third-order valence-corrected chi connectivity index (χ3v) is 6.05. The number of carbonyl (C=O) groups is 2. The Labute approximate surface area is 185 Å². The largest absolute Gasteiger partial charge is 0.507 e. The minimum atomic E-state index is -0.866. The van der Waals surface area contributed by atoms with Gasteiger partial charge in [-0.15, -0.1) is 0 Å². The minimum absolute atomic E-state index is 0.0168. The number of amides is 1. The van der Waals surface area contributed by atoms with E-state index in [0.717, 1.165) is 28.9 Å². The van der Waals surface area contributed by atoms with Crippen LogP contribution in [-0.4, -0.2) is 23.4 Å². The van der Waals surface area contributed by atoms with Gasteiger partial charge >= 0.3 is 0 Å². The van der Waals surface area contributed by atoms with Crippen molar-refractivity contribution in [1.29, 1.82) is 0 Å². The van der Waals surface area contributed by atoms with E-state index < -0.39 is 17.7 Å². The van der Waals surface area contributed by atoms with Crippen molar-refractivity contribution in [1.82, 2.24) is 0 Å². The second kappa shape index (κ2) is 7.41. The third kappa shape index (κ3) is 3.11. The van der Waals surface area contributed by atoms with Gasteiger partial charge in [-0.05, 0) is 68.3 Å². The first-order chi connectivity index (χ1) is 15.3. The van der Waals surface area contributed by atoms with Crippen LogP contribution in [0.25, 0.3) is 5.76 Å². The average Bonchev–Trinajstić information content (AvgIpc) is 3.46. The number of furan rings is 1. The first-order valence-corrected chi connectivity index (χ1v) is 10.6. The molecule has 1 saturated heterocycles. The van der Waals surface area contributed by atoms with Crippen LogP contribution in [-0.2, 0) is 16.0 Å². The molecule has 1 fully saturated rings. The van der Waals surface area contributed by atoms with Crippen molar-refractivity contribution >= 4 is 23.1 Å². The molecule has 162 valence electrons. The molecule has 6 heteroatoms. The molecule has 2 aliphatic heterocycles. The molecule has 1 amide bonds. The Morgan fingerprint density at radius 1 is 1.03 bits per heavy atom. The monoisotopic (exact) mass is 429 g/mol. The number of hydrogen-bond donors (Lipinski definition) is 1. The molecule has 0 saturated carbocycles. The van der Waals surface area contributed by atoms with Gasteiger partial charge in [-0.3, -0.25) is 14.5 Å². The number of fused-ring (bicyclic) bond motifs is 1. The van der Waals surface area contributed by atoms with Crippen molar-refractivity contribution in [3.8, 4) is 5.75 Å². The van der Waals surface area contributed by atoms with Crippen LogP contribution in [0, 0.1) is 20.8 Å². The van der Waals surface area contributed by atoms with Crippen LogP contribution in [0.3, 0.4) is 0 Å². The number of rotatable bonds is 3. The zero-order chi connectivity index (χ0) is 22.6. The summed E-state index contributed by atoms with van der Waals surface area (Å²) in [5, 5.41) is 11.3. The lowest BCUT2D eigenvalue weighted by Crippen LogP contribution is -2.30. The maximum absolute atomic E-state index is 13.2. The number of anilines is 1. The number of Topliss-reactive ketones (excluding diaryl/α,β-unsaturated/α-hetero) is 1. The average molecular weight is 429 g/mol.